The van der Waals surface area contributed by atoms with Crippen molar-refractivity contribution in [3.8, 4) is 0 Å². The number of rotatable bonds is 3. The summed E-state index contributed by atoms with van der Waals surface area (Å²) in [6.45, 7) is 6.96. The highest BCUT2D eigenvalue weighted by Gasteiger charge is 2.17. The molecule has 0 aromatic carbocycles. The Morgan fingerprint density at radius 1 is 1.25 bits per heavy atom. The Balaban J connectivity index is 0.000000217. The molecule has 0 N–H and O–H groups in total. The number of hydrogen-bond donors (Lipinski definition) is 0. The number of aromatic nitrogens is 3. The highest BCUT2D eigenvalue weighted by Crippen LogP contribution is 2.31. The lowest BCUT2D eigenvalue weighted by Gasteiger charge is -2.25. The maximum absolute atomic E-state index is 3.81. The monoisotopic (exact) mass is 315 g/mol. The summed E-state index contributed by atoms with van der Waals surface area (Å²) in [5.41, 5.74) is 0. The van der Waals surface area contributed by atoms with Gasteiger partial charge in [-0.2, -0.15) is 11.8 Å². The fourth-order valence-corrected chi connectivity index (χ4v) is 3.71. The molecule has 1 aromatic heterocycles. The van der Waals surface area contributed by atoms with Crippen LogP contribution in [0.5, 0.6) is 0 Å². The molecule has 2 rings (SSSR count). The zero-order valence-electron chi connectivity index (χ0n) is 13.6. The van der Waals surface area contributed by atoms with Gasteiger partial charge in [0.1, 0.15) is 6.33 Å². The van der Waals surface area contributed by atoms with E-state index in [0.717, 1.165) is 11.1 Å². The summed E-state index contributed by atoms with van der Waals surface area (Å²) in [5, 5.41) is 8.44. The summed E-state index contributed by atoms with van der Waals surface area (Å²) < 4.78 is 2.35. The number of hydrogen-bond acceptors (Lipinski definition) is 4. The van der Waals surface area contributed by atoms with E-state index >= 15 is 0 Å². The van der Waals surface area contributed by atoms with Crippen molar-refractivity contribution < 1.29 is 0 Å². The van der Waals surface area contributed by atoms with Gasteiger partial charge in [0.15, 0.2) is 5.16 Å². The molecule has 0 spiro atoms. The van der Waals surface area contributed by atoms with Crippen molar-refractivity contribution >= 4 is 23.5 Å². The highest BCUT2D eigenvalue weighted by atomic mass is 32.2. The van der Waals surface area contributed by atoms with Crippen LogP contribution in [0.15, 0.2) is 11.5 Å². The molecule has 1 heterocycles. The van der Waals surface area contributed by atoms with Crippen molar-refractivity contribution in [1.29, 1.82) is 0 Å². The third kappa shape index (κ3) is 7.58. The van der Waals surface area contributed by atoms with E-state index in [1.807, 2.05) is 17.9 Å². The topological polar surface area (TPSA) is 30.7 Å². The number of aryl methyl sites for hydroxylation is 1. The summed E-state index contributed by atoms with van der Waals surface area (Å²) in [4.78, 5) is 0. The Morgan fingerprint density at radius 3 is 2.30 bits per heavy atom. The van der Waals surface area contributed by atoms with Crippen molar-refractivity contribution in [2.75, 3.05) is 12.0 Å². The molecule has 0 aliphatic heterocycles. The van der Waals surface area contributed by atoms with Gasteiger partial charge in [0.25, 0.3) is 0 Å². The molecule has 0 unspecified atom stereocenters. The molecule has 0 amide bonds. The van der Waals surface area contributed by atoms with Crippen molar-refractivity contribution in [3.05, 3.63) is 6.33 Å². The van der Waals surface area contributed by atoms with Crippen molar-refractivity contribution in [1.82, 2.24) is 14.8 Å². The molecule has 3 nitrogen and oxygen atoms in total. The van der Waals surface area contributed by atoms with E-state index in [4.69, 9.17) is 0 Å². The molecule has 1 aliphatic carbocycles. The first kappa shape index (κ1) is 17.9. The standard InChI is InChI=1S/C11H22S.C4H7N3S/c1-11(2,3)12-9-10-7-5-4-6-8-10;1-7-3-5-6-4(7)8-2/h10H,4-9H2,1-3H3;3H,1-2H3. The van der Waals surface area contributed by atoms with Gasteiger partial charge in [-0.25, -0.2) is 0 Å². The van der Waals surface area contributed by atoms with Crippen molar-refractivity contribution in [2.45, 2.75) is 62.8 Å². The van der Waals surface area contributed by atoms with Crippen LogP contribution in [-0.2, 0) is 7.05 Å². The molecule has 0 bridgehead atoms. The van der Waals surface area contributed by atoms with E-state index in [2.05, 4.69) is 42.7 Å². The Morgan fingerprint density at radius 2 is 1.90 bits per heavy atom. The Bertz CT molecular complexity index is 365. The van der Waals surface area contributed by atoms with Gasteiger partial charge >= 0.3 is 0 Å². The molecule has 5 heteroatoms. The lowest BCUT2D eigenvalue weighted by atomic mass is 9.91. The third-order valence-electron chi connectivity index (χ3n) is 3.33. The van der Waals surface area contributed by atoms with Gasteiger partial charge in [-0.15, -0.1) is 10.2 Å². The summed E-state index contributed by atoms with van der Waals surface area (Å²) >= 11 is 3.73. The Hall–Kier alpha value is -0.160. The minimum Gasteiger partial charge on any atom is -0.312 e. The molecule has 1 saturated carbocycles. The molecule has 0 atom stereocenters. The molecule has 0 saturated heterocycles. The molecule has 0 radical (unpaired) electrons. The minimum atomic E-state index is 0.470. The summed E-state index contributed by atoms with van der Waals surface area (Å²) in [7, 11) is 1.92. The SMILES string of the molecule is CC(C)(C)SCC1CCCCC1.CSc1nncn1C. The van der Waals surface area contributed by atoms with Gasteiger partial charge in [0, 0.05) is 11.8 Å². The lowest BCUT2D eigenvalue weighted by Crippen LogP contribution is -2.15. The van der Waals surface area contributed by atoms with Crippen molar-refractivity contribution in [2.24, 2.45) is 13.0 Å². The van der Waals surface area contributed by atoms with Crippen molar-refractivity contribution in [3.63, 3.8) is 0 Å². The first-order chi connectivity index (χ1) is 9.42. The van der Waals surface area contributed by atoms with Gasteiger partial charge in [0.2, 0.25) is 0 Å². The van der Waals surface area contributed by atoms with Crippen LogP contribution < -0.4 is 0 Å². The summed E-state index contributed by atoms with van der Waals surface area (Å²) in [5.74, 6) is 2.42. The van der Waals surface area contributed by atoms with Gasteiger partial charge < -0.3 is 4.57 Å². The van der Waals surface area contributed by atoms with E-state index < -0.39 is 0 Å². The average Bonchev–Trinajstić information content (AvgIpc) is 2.83. The zero-order valence-corrected chi connectivity index (χ0v) is 15.2. The Kier molecular flexibility index (Phi) is 8.03. The predicted molar refractivity (Wildman–Crippen MR) is 91.6 cm³/mol. The van der Waals surface area contributed by atoms with Crippen LogP contribution in [0.3, 0.4) is 0 Å². The van der Waals surface area contributed by atoms with E-state index in [0.29, 0.717) is 4.75 Å². The number of nitrogens with zero attached hydrogens (tertiary/aromatic N) is 3. The molecule has 116 valence electrons. The third-order valence-corrected chi connectivity index (χ3v) is 5.57. The lowest BCUT2D eigenvalue weighted by molar-refractivity contribution is 0.390. The van der Waals surface area contributed by atoms with Crippen LogP contribution in [0.1, 0.15) is 52.9 Å². The first-order valence-electron chi connectivity index (χ1n) is 7.44. The minimum absolute atomic E-state index is 0.470. The normalized spacial score (nSPS) is 16.6. The quantitative estimate of drug-likeness (QED) is 0.761. The molecular formula is C15H29N3S2. The fraction of sp³-hybridized carbons (Fsp3) is 0.867. The summed E-state index contributed by atoms with van der Waals surface area (Å²) in [6.07, 6.45) is 11.1. The number of thioether (sulfide) groups is 2. The highest BCUT2D eigenvalue weighted by molar-refractivity contribution is 8.00. The van der Waals surface area contributed by atoms with Crippen LogP contribution >= 0.6 is 23.5 Å². The zero-order chi connectivity index (χ0) is 15.0. The van der Waals surface area contributed by atoms with E-state index in [1.54, 1.807) is 18.1 Å². The molecule has 20 heavy (non-hydrogen) atoms. The van der Waals surface area contributed by atoms with E-state index in [1.165, 1.54) is 37.9 Å². The van der Waals surface area contributed by atoms with E-state index in [9.17, 15) is 0 Å². The maximum Gasteiger partial charge on any atom is 0.190 e. The molecular weight excluding hydrogens is 286 g/mol. The molecule has 1 aliphatic rings. The van der Waals surface area contributed by atoms with Crippen LogP contribution in [-0.4, -0.2) is 31.5 Å². The second kappa shape index (κ2) is 8.98. The maximum atomic E-state index is 3.81. The predicted octanol–water partition coefficient (Wildman–Crippen LogP) is 4.64. The van der Waals surface area contributed by atoms with Crippen LogP contribution in [0.4, 0.5) is 0 Å². The van der Waals surface area contributed by atoms with Gasteiger partial charge in [-0.1, -0.05) is 51.8 Å². The van der Waals surface area contributed by atoms with Gasteiger partial charge in [-0.3, -0.25) is 0 Å². The fourth-order valence-electron chi connectivity index (χ4n) is 2.18. The largest absolute Gasteiger partial charge is 0.312 e. The first-order valence-corrected chi connectivity index (χ1v) is 9.65. The van der Waals surface area contributed by atoms with Gasteiger partial charge in [-0.05, 0) is 30.8 Å². The molecule has 1 aromatic rings. The second-order valence-electron chi connectivity index (χ2n) is 6.36. The average molecular weight is 316 g/mol. The van der Waals surface area contributed by atoms with Crippen LogP contribution in [0.2, 0.25) is 0 Å². The Labute approximate surface area is 132 Å². The van der Waals surface area contributed by atoms with Crippen LogP contribution in [0, 0.1) is 5.92 Å². The van der Waals surface area contributed by atoms with Gasteiger partial charge in [0.05, 0.1) is 0 Å². The second-order valence-corrected chi connectivity index (χ2v) is 8.98. The summed E-state index contributed by atoms with van der Waals surface area (Å²) in [6, 6.07) is 0. The van der Waals surface area contributed by atoms with Crippen LogP contribution in [0.25, 0.3) is 0 Å². The molecule has 1 fully saturated rings. The smallest absolute Gasteiger partial charge is 0.190 e. The van der Waals surface area contributed by atoms with E-state index in [-0.39, 0.29) is 0 Å².